The molecule has 1 heterocycles. The van der Waals surface area contributed by atoms with Crippen LogP contribution < -0.4 is 4.90 Å². The molecule has 0 amide bonds. The van der Waals surface area contributed by atoms with Gasteiger partial charge in [-0.05, 0) is 29.8 Å². The molecular formula is C17H11Cl2NO2S2. The maximum atomic E-state index is 11.1. The summed E-state index contributed by atoms with van der Waals surface area (Å²) in [6, 6.07) is 13.1. The minimum Gasteiger partial charge on any atom is -0.478 e. The standard InChI is InChI=1S/C17H11Cl2NO2S2/c18-11-6-5-10(7-12(11)19)9-20-13-3-1-2-4-14(13)24-15(17(20)23)8-16(21)22/h1-8H,9H2,(H,21,22)/b15-8-. The number of hydrogen-bond donors (Lipinski definition) is 1. The van der Waals surface area contributed by atoms with Crippen molar-refractivity contribution < 1.29 is 9.90 Å². The van der Waals surface area contributed by atoms with Gasteiger partial charge >= 0.3 is 5.97 Å². The summed E-state index contributed by atoms with van der Waals surface area (Å²) in [5.41, 5.74) is 1.88. The van der Waals surface area contributed by atoms with Crippen molar-refractivity contribution >= 4 is 63.8 Å². The minimum absolute atomic E-state index is 0.473. The van der Waals surface area contributed by atoms with Gasteiger partial charge in [-0.15, -0.1) is 0 Å². The number of hydrogen-bond acceptors (Lipinski definition) is 3. The molecule has 0 saturated heterocycles. The second-order valence-electron chi connectivity index (χ2n) is 5.06. The van der Waals surface area contributed by atoms with Gasteiger partial charge < -0.3 is 10.0 Å². The molecule has 2 aromatic carbocycles. The Kier molecular flexibility index (Phi) is 5.15. The molecule has 24 heavy (non-hydrogen) atoms. The zero-order valence-corrected chi connectivity index (χ0v) is 15.3. The predicted molar refractivity (Wildman–Crippen MR) is 103 cm³/mol. The highest BCUT2D eigenvalue weighted by molar-refractivity contribution is 8.05. The molecule has 122 valence electrons. The van der Waals surface area contributed by atoms with E-state index in [1.165, 1.54) is 11.8 Å². The van der Waals surface area contributed by atoms with Crippen LogP contribution in [0.15, 0.2) is 58.3 Å². The zero-order chi connectivity index (χ0) is 17.3. The number of carboxylic acids is 1. The Morgan fingerprint density at radius 3 is 2.67 bits per heavy atom. The Morgan fingerprint density at radius 2 is 1.96 bits per heavy atom. The van der Waals surface area contributed by atoms with E-state index in [1.807, 2.05) is 35.2 Å². The van der Waals surface area contributed by atoms with Gasteiger partial charge in [0.25, 0.3) is 0 Å². The van der Waals surface area contributed by atoms with E-state index in [-0.39, 0.29) is 0 Å². The molecular weight excluding hydrogens is 385 g/mol. The minimum atomic E-state index is -1.02. The largest absolute Gasteiger partial charge is 0.478 e. The first-order chi connectivity index (χ1) is 11.5. The summed E-state index contributed by atoms with van der Waals surface area (Å²) in [7, 11) is 0. The second-order valence-corrected chi connectivity index (χ2v) is 7.34. The fraction of sp³-hybridized carbons (Fsp3) is 0.0588. The lowest BCUT2D eigenvalue weighted by molar-refractivity contribution is -0.131. The van der Waals surface area contributed by atoms with Gasteiger partial charge in [-0.1, -0.05) is 65.4 Å². The topological polar surface area (TPSA) is 40.5 Å². The Hall–Kier alpha value is -1.53. The van der Waals surface area contributed by atoms with Crippen LogP contribution in [0.2, 0.25) is 10.0 Å². The number of fused-ring (bicyclic) bond motifs is 1. The predicted octanol–water partition coefficient (Wildman–Crippen LogP) is 5.40. The van der Waals surface area contributed by atoms with Gasteiger partial charge in [-0.25, -0.2) is 4.79 Å². The van der Waals surface area contributed by atoms with Crippen molar-refractivity contribution in [3.63, 3.8) is 0 Å². The highest BCUT2D eigenvalue weighted by Crippen LogP contribution is 2.42. The molecule has 0 aliphatic carbocycles. The average Bonchev–Trinajstić information content (AvgIpc) is 2.54. The first-order valence-corrected chi connectivity index (χ1v) is 8.91. The third kappa shape index (κ3) is 3.59. The Bertz CT molecular complexity index is 867. The first-order valence-electron chi connectivity index (χ1n) is 6.93. The number of anilines is 1. The van der Waals surface area contributed by atoms with Crippen molar-refractivity contribution in [2.45, 2.75) is 11.4 Å². The van der Waals surface area contributed by atoms with Crippen molar-refractivity contribution in [3.05, 3.63) is 69.1 Å². The Morgan fingerprint density at radius 1 is 1.21 bits per heavy atom. The fourth-order valence-corrected chi connectivity index (χ4v) is 4.04. The highest BCUT2D eigenvalue weighted by atomic mass is 35.5. The van der Waals surface area contributed by atoms with E-state index in [1.54, 1.807) is 12.1 Å². The Balaban J connectivity index is 2.02. The van der Waals surface area contributed by atoms with Gasteiger partial charge in [0.1, 0.15) is 4.99 Å². The molecule has 1 aliphatic rings. The van der Waals surface area contributed by atoms with Gasteiger partial charge in [0, 0.05) is 17.5 Å². The number of benzene rings is 2. The third-order valence-electron chi connectivity index (χ3n) is 3.41. The molecule has 2 aromatic rings. The molecule has 0 saturated carbocycles. The van der Waals surface area contributed by atoms with Gasteiger partial charge in [0.2, 0.25) is 0 Å². The molecule has 3 nitrogen and oxygen atoms in total. The van der Waals surface area contributed by atoms with Gasteiger partial charge in [0.05, 0.1) is 20.6 Å². The quantitative estimate of drug-likeness (QED) is 0.556. The maximum Gasteiger partial charge on any atom is 0.329 e. The number of thiocarbonyl (C=S) groups is 1. The number of aliphatic carboxylic acids is 1. The smallest absolute Gasteiger partial charge is 0.329 e. The number of thioether (sulfide) groups is 1. The summed E-state index contributed by atoms with van der Waals surface area (Å²) >= 11 is 18.9. The number of halogens is 2. The number of carbonyl (C=O) groups is 1. The van der Waals surface area contributed by atoms with Crippen molar-refractivity contribution in [2.24, 2.45) is 0 Å². The molecule has 3 rings (SSSR count). The molecule has 0 aromatic heterocycles. The highest BCUT2D eigenvalue weighted by Gasteiger charge is 2.26. The first kappa shape index (κ1) is 17.3. The van der Waals surface area contributed by atoms with Crippen LogP contribution >= 0.6 is 47.2 Å². The summed E-state index contributed by atoms with van der Waals surface area (Å²) in [6.07, 6.45) is 1.14. The van der Waals surface area contributed by atoms with Crippen molar-refractivity contribution in [1.29, 1.82) is 0 Å². The second kappa shape index (κ2) is 7.15. The third-order valence-corrected chi connectivity index (χ3v) is 5.82. The lowest BCUT2D eigenvalue weighted by Gasteiger charge is -2.32. The number of rotatable bonds is 3. The van der Waals surface area contributed by atoms with E-state index < -0.39 is 5.97 Å². The summed E-state index contributed by atoms with van der Waals surface area (Å²) in [6.45, 7) is 0.476. The molecule has 0 unspecified atom stereocenters. The van der Waals surface area contributed by atoms with Crippen LogP contribution in [0.25, 0.3) is 0 Å². The molecule has 0 bridgehead atoms. The monoisotopic (exact) mass is 395 g/mol. The molecule has 1 aliphatic heterocycles. The molecule has 0 fully saturated rings. The van der Waals surface area contributed by atoms with E-state index in [0.29, 0.717) is 26.5 Å². The summed E-state index contributed by atoms with van der Waals surface area (Å²) < 4.78 is 0. The van der Waals surface area contributed by atoms with Crippen LogP contribution in [0.1, 0.15) is 5.56 Å². The van der Waals surface area contributed by atoms with Crippen LogP contribution in [0.5, 0.6) is 0 Å². The van der Waals surface area contributed by atoms with E-state index in [9.17, 15) is 4.79 Å². The molecule has 7 heteroatoms. The summed E-state index contributed by atoms with van der Waals surface area (Å²) in [5, 5.41) is 10.0. The zero-order valence-electron chi connectivity index (χ0n) is 12.2. The number of nitrogens with zero attached hydrogens (tertiary/aromatic N) is 1. The molecule has 0 spiro atoms. The lowest BCUT2D eigenvalue weighted by Crippen LogP contribution is -2.32. The van der Waals surface area contributed by atoms with E-state index in [2.05, 4.69) is 0 Å². The van der Waals surface area contributed by atoms with E-state index in [4.69, 9.17) is 40.5 Å². The van der Waals surface area contributed by atoms with Gasteiger partial charge in [-0.2, -0.15) is 0 Å². The van der Waals surface area contributed by atoms with Gasteiger partial charge in [-0.3, -0.25) is 0 Å². The molecule has 0 atom stereocenters. The molecule has 1 N–H and O–H groups in total. The fourth-order valence-electron chi connectivity index (χ4n) is 2.35. The SMILES string of the molecule is O=C(O)/C=C1\Sc2ccccc2N(Cc2ccc(Cl)c(Cl)c2)C1=S. The van der Waals surface area contributed by atoms with Crippen molar-refractivity contribution in [3.8, 4) is 0 Å². The van der Waals surface area contributed by atoms with Crippen molar-refractivity contribution in [2.75, 3.05) is 4.90 Å². The van der Waals surface area contributed by atoms with E-state index in [0.717, 1.165) is 22.2 Å². The van der Waals surface area contributed by atoms with Crippen molar-refractivity contribution in [1.82, 2.24) is 0 Å². The molecule has 0 radical (unpaired) electrons. The van der Waals surface area contributed by atoms with E-state index >= 15 is 0 Å². The average molecular weight is 396 g/mol. The van der Waals surface area contributed by atoms with Crippen LogP contribution in [-0.2, 0) is 11.3 Å². The number of para-hydroxylation sites is 1. The van der Waals surface area contributed by atoms with Crippen LogP contribution in [0.4, 0.5) is 5.69 Å². The van der Waals surface area contributed by atoms with Crippen LogP contribution in [0, 0.1) is 0 Å². The lowest BCUT2D eigenvalue weighted by atomic mass is 10.2. The normalized spacial score (nSPS) is 15.5. The Labute approximate surface area is 158 Å². The summed E-state index contributed by atoms with van der Waals surface area (Å²) in [4.78, 5) is 15.0. The number of carboxylic acid groups (broad SMARTS) is 1. The van der Waals surface area contributed by atoms with Gasteiger partial charge in [0.15, 0.2) is 0 Å². The maximum absolute atomic E-state index is 11.1. The summed E-state index contributed by atoms with van der Waals surface area (Å²) in [5.74, 6) is -1.02. The van der Waals surface area contributed by atoms with Crippen LogP contribution in [0.3, 0.4) is 0 Å². The van der Waals surface area contributed by atoms with Crippen LogP contribution in [-0.4, -0.2) is 16.1 Å².